The molecule has 8 heteroatoms. The van der Waals surface area contributed by atoms with E-state index >= 15 is 0 Å². The quantitative estimate of drug-likeness (QED) is 0.614. The van der Waals surface area contributed by atoms with E-state index in [1.165, 1.54) is 10.4 Å². The summed E-state index contributed by atoms with van der Waals surface area (Å²) in [4.78, 5) is 15.1. The van der Waals surface area contributed by atoms with Gasteiger partial charge in [-0.2, -0.15) is 4.31 Å². The Labute approximate surface area is 175 Å². The van der Waals surface area contributed by atoms with E-state index in [-0.39, 0.29) is 23.0 Å². The van der Waals surface area contributed by atoms with Crippen LogP contribution in [-0.4, -0.2) is 75.0 Å². The van der Waals surface area contributed by atoms with Gasteiger partial charge in [0.15, 0.2) is 0 Å². The van der Waals surface area contributed by atoms with Crippen LogP contribution in [-0.2, 0) is 14.8 Å². The van der Waals surface area contributed by atoms with Gasteiger partial charge in [-0.25, -0.2) is 8.42 Å². The smallest absolute Gasteiger partial charge is 0.251 e. The maximum atomic E-state index is 12.9. The van der Waals surface area contributed by atoms with Crippen molar-refractivity contribution in [2.75, 3.05) is 39.3 Å². The highest BCUT2D eigenvalue weighted by molar-refractivity contribution is 7.89. The first kappa shape index (κ1) is 23.8. The average molecular weight is 426 g/mol. The van der Waals surface area contributed by atoms with Gasteiger partial charge in [0.25, 0.3) is 5.91 Å². The molecule has 0 aromatic heterocycles. The van der Waals surface area contributed by atoms with Gasteiger partial charge in [-0.05, 0) is 44.9 Å². The highest BCUT2D eigenvalue weighted by atomic mass is 32.2. The van der Waals surface area contributed by atoms with Crippen molar-refractivity contribution in [1.82, 2.24) is 14.5 Å². The molecule has 164 valence electrons. The van der Waals surface area contributed by atoms with E-state index in [0.717, 1.165) is 26.1 Å². The van der Waals surface area contributed by atoms with E-state index in [2.05, 4.69) is 24.1 Å². The van der Waals surface area contributed by atoms with E-state index in [4.69, 9.17) is 4.74 Å². The summed E-state index contributed by atoms with van der Waals surface area (Å²) in [6.07, 6.45) is 1.29. The normalized spacial score (nSPS) is 20.8. The van der Waals surface area contributed by atoms with Crippen molar-refractivity contribution in [3.8, 4) is 0 Å². The van der Waals surface area contributed by atoms with E-state index in [0.29, 0.717) is 30.8 Å². The van der Waals surface area contributed by atoms with Gasteiger partial charge in [0.1, 0.15) is 0 Å². The summed E-state index contributed by atoms with van der Waals surface area (Å²) in [5, 5.41) is 2.91. The fourth-order valence-electron chi connectivity index (χ4n) is 3.80. The third-order valence-electron chi connectivity index (χ3n) is 5.21. The number of morpholine rings is 1. The fraction of sp³-hybridized carbons (Fsp3) is 0.667. The van der Waals surface area contributed by atoms with Crippen LogP contribution in [0.1, 0.15) is 50.0 Å². The molecule has 0 aliphatic carbocycles. The molecule has 2 rings (SSSR count). The van der Waals surface area contributed by atoms with E-state index in [1.807, 2.05) is 13.8 Å². The Bertz CT molecular complexity index is 783. The molecule has 1 aromatic rings. The van der Waals surface area contributed by atoms with Crippen molar-refractivity contribution in [2.45, 2.75) is 58.1 Å². The van der Waals surface area contributed by atoms with Gasteiger partial charge in [-0.1, -0.05) is 19.9 Å². The zero-order valence-corrected chi connectivity index (χ0v) is 19.1. The fourth-order valence-corrected chi connectivity index (χ4v) is 5.50. The van der Waals surface area contributed by atoms with Crippen molar-refractivity contribution in [1.29, 1.82) is 0 Å². The second-order valence-corrected chi connectivity index (χ2v) is 9.60. The summed E-state index contributed by atoms with van der Waals surface area (Å²) in [7, 11) is -3.60. The molecule has 0 spiro atoms. The van der Waals surface area contributed by atoms with Crippen LogP contribution < -0.4 is 5.32 Å². The number of carbonyl (C=O) groups excluding carboxylic acids is 1. The molecule has 0 saturated carbocycles. The summed E-state index contributed by atoms with van der Waals surface area (Å²) in [6, 6.07) is 4.86. The number of sulfonamides is 1. The Kier molecular flexibility index (Phi) is 8.63. The number of amides is 1. The van der Waals surface area contributed by atoms with E-state index in [1.54, 1.807) is 19.1 Å². The number of carbonyl (C=O) groups is 1. The topological polar surface area (TPSA) is 79.0 Å². The molecular formula is C21H35N3O4S. The van der Waals surface area contributed by atoms with Crippen LogP contribution in [0.3, 0.4) is 0 Å². The van der Waals surface area contributed by atoms with E-state index in [9.17, 15) is 13.2 Å². The Morgan fingerprint density at radius 2 is 1.83 bits per heavy atom. The second kappa shape index (κ2) is 10.5. The number of nitrogens with one attached hydrogen (secondary N) is 1. The molecule has 1 fully saturated rings. The van der Waals surface area contributed by atoms with Gasteiger partial charge >= 0.3 is 0 Å². The monoisotopic (exact) mass is 425 g/mol. The minimum Gasteiger partial charge on any atom is -0.373 e. The van der Waals surface area contributed by atoms with Crippen LogP contribution in [0.2, 0.25) is 0 Å². The lowest BCUT2D eigenvalue weighted by Gasteiger charge is -2.35. The van der Waals surface area contributed by atoms with Gasteiger partial charge in [0.05, 0.1) is 17.1 Å². The summed E-state index contributed by atoms with van der Waals surface area (Å²) in [5.41, 5.74) is 1.01. The minimum atomic E-state index is -3.60. The summed E-state index contributed by atoms with van der Waals surface area (Å²) >= 11 is 0. The predicted octanol–water partition coefficient (Wildman–Crippen LogP) is 2.25. The molecule has 1 N–H and O–H groups in total. The molecule has 1 aliphatic heterocycles. The summed E-state index contributed by atoms with van der Waals surface area (Å²) in [6.45, 7) is 13.6. The molecule has 1 aromatic carbocycles. The molecule has 1 amide bonds. The molecular weight excluding hydrogens is 390 g/mol. The van der Waals surface area contributed by atoms with Gasteiger partial charge in [-0.15, -0.1) is 0 Å². The van der Waals surface area contributed by atoms with Crippen LogP contribution in [0.15, 0.2) is 23.1 Å². The largest absolute Gasteiger partial charge is 0.373 e. The number of rotatable bonds is 9. The standard InChI is InChI=1S/C21H35N3O4S/c1-6-24(7-2)29(26,27)20-13-19(10-9-16(20)3)21(25)22-11-8-12-23-14-17(4)28-18(5)15-23/h9-10,13,17-18H,6-8,11-12,14-15H2,1-5H3,(H,22,25)/t17-,18-/m0/s1. The van der Waals surface area contributed by atoms with Crippen molar-refractivity contribution in [3.05, 3.63) is 29.3 Å². The maximum Gasteiger partial charge on any atom is 0.251 e. The van der Waals surface area contributed by atoms with Crippen molar-refractivity contribution >= 4 is 15.9 Å². The summed E-state index contributed by atoms with van der Waals surface area (Å²) < 4.78 is 32.9. The van der Waals surface area contributed by atoms with Crippen LogP contribution >= 0.6 is 0 Å². The van der Waals surface area contributed by atoms with Crippen LogP contribution in [0.4, 0.5) is 0 Å². The Morgan fingerprint density at radius 1 is 1.21 bits per heavy atom. The van der Waals surface area contributed by atoms with E-state index < -0.39 is 10.0 Å². The zero-order valence-electron chi connectivity index (χ0n) is 18.3. The number of benzene rings is 1. The molecule has 0 bridgehead atoms. The number of hydrogen-bond acceptors (Lipinski definition) is 5. The highest BCUT2D eigenvalue weighted by Crippen LogP contribution is 2.21. The third-order valence-corrected chi connectivity index (χ3v) is 7.40. The van der Waals surface area contributed by atoms with Gasteiger partial charge in [0.2, 0.25) is 10.0 Å². The number of ether oxygens (including phenoxy) is 1. The van der Waals surface area contributed by atoms with Crippen LogP contribution in [0.25, 0.3) is 0 Å². The molecule has 1 aliphatic rings. The zero-order chi connectivity index (χ0) is 21.6. The van der Waals surface area contributed by atoms with Crippen LogP contribution in [0.5, 0.6) is 0 Å². The lowest BCUT2D eigenvalue weighted by Crippen LogP contribution is -2.46. The lowest BCUT2D eigenvalue weighted by atomic mass is 10.1. The van der Waals surface area contributed by atoms with Gasteiger partial charge in [-0.3, -0.25) is 9.69 Å². The number of nitrogens with zero attached hydrogens (tertiary/aromatic N) is 2. The highest BCUT2D eigenvalue weighted by Gasteiger charge is 2.25. The van der Waals surface area contributed by atoms with Gasteiger partial charge < -0.3 is 10.1 Å². The average Bonchev–Trinajstić information content (AvgIpc) is 2.65. The maximum absolute atomic E-state index is 12.9. The molecule has 1 heterocycles. The molecule has 0 unspecified atom stereocenters. The SMILES string of the molecule is CCN(CC)S(=O)(=O)c1cc(C(=O)NCCCN2C[C@H](C)O[C@@H](C)C2)ccc1C. The molecule has 0 radical (unpaired) electrons. The molecule has 2 atom stereocenters. The van der Waals surface area contributed by atoms with Crippen molar-refractivity contribution in [3.63, 3.8) is 0 Å². The number of hydrogen-bond donors (Lipinski definition) is 1. The number of aryl methyl sites for hydroxylation is 1. The summed E-state index contributed by atoms with van der Waals surface area (Å²) in [5.74, 6) is -0.246. The Hall–Kier alpha value is -1.48. The second-order valence-electron chi connectivity index (χ2n) is 7.70. The van der Waals surface area contributed by atoms with Gasteiger partial charge in [0, 0.05) is 44.8 Å². The Balaban J connectivity index is 1.96. The Morgan fingerprint density at radius 3 is 2.41 bits per heavy atom. The lowest BCUT2D eigenvalue weighted by molar-refractivity contribution is -0.0680. The molecule has 7 nitrogen and oxygen atoms in total. The van der Waals surface area contributed by atoms with Crippen molar-refractivity contribution in [2.24, 2.45) is 0 Å². The first-order valence-corrected chi connectivity index (χ1v) is 11.9. The molecule has 29 heavy (non-hydrogen) atoms. The molecule has 1 saturated heterocycles. The predicted molar refractivity (Wildman–Crippen MR) is 115 cm³/mol. The van der Waals surface area contributed by atoms with Crippen LogP contribution in [0, 0.1) is 6.92 Å². The first-order chi connectivity index (χ1) is 13.7. The third kappa shape index (κ3) is 6.25. The first-order valence-electron chi connectivity index (χ1n) is 10.5. The minimum absolute atomic E-state index is 0.199. The van der Waals surface area contributed by atoms with Crippen molar-refractivity contribution < 1.29 is 17.9 Å².